The summed E-state index contributed by atoms with van der Waals surface area (Å²) >= 11 is 0. The standard InChI is InChI=1S/C20H36N4O.HI/c1-15(2)13-20(10-6-7-11-20)14-23-19(21-5)22-12-8-9-18-16(3)24-25-17(18)4;/h15H,6-14H2,1-5H3,(H2,21,22,23);1H. The van der Waals surface area contributed by atoms with Crippen LogP contribution in [0.15, 0.2) is 9.52 Å². The van der Waals surface area contributed by atoms with Crippen molar-refractivity contribution in [3.63, 3.8) is 0 Å². The number of nitrogens with one attached hydrogen (secondary N) is 2. The van der Waals surface area contributed by atoms with Crippen LogP contribution < -0.4 is 10.6 Å². The molecule has 0 amide bonds. The van der Waals surface area contributed by atoms with Crippen LogP contribution in [-0.4, -0.2) is 31.3 Å². The van der Waals surface area contributed by atoms with E-state index in [4.69, 9.17) is 4.52 Å². The highest BCUT2D eigenvalue weighted by atomic mass is 127. The van der Waals surface area contributed by atoms with Crippen molar-refractivity contribution in [2.75, 3.05) is 20.1 Å². The van der Waals surface area contributed by atoms with Crippen LogP contribution in [0.4, 0.5) is 0 Å². The second kappa shape index (κ2) is 11.1. The molecule has 0 radical (unpaired) electrons. The highest BCUT2D eigenvalue weighted by Gasteiger charge is 2.34. The minimum atomic E-state index is 0. The Hall–Kier alpha value is -0.790. The van der Waals surface area contributed by atoms with Crippen LogP contribution in [0.1, 0.15) is 69.4 Å². The van der Waals surface area contributed by atoms with Crippen molar-refractivity contribution < 1.29 is 4.52 Å². The van der Waals surface area contributed by atoms with Gasteiger partial charge in [0.25, 0.3) is 0 Å². The van der Waals surface area contributed by atoms with Gasteiger partial charge in [-0.15, -0.1) is 24.0 Å². The Bertz CT molecular complexity index is 543. The van der Waals surface area contributed by atoms with Crippen LogP contribution in [0.3, 0.4) is 0 Å². The molecule has 0 aliphatic heterocycles. The van der Waals surface area contributed by atoms with Crippen LogP contribution in [-0.2, 0) is 6.42 Å². The summed E-state index contributed by atoms with van der Waals surface area (Å²) in [6.07, 6.45) is 8.78. The smallest absolute Gasteiger partial charge is 0.190 e. The van der Waals surface area contributed by atoms with Gasteiger partial charge >= 0.3 is 0 Å². The average molecular weight is 476 g/mol. The van der Waals surface area contributed by atoms with E-state index in [9.17, 15) is 0 Å². The summed E-state index contributed by atoms with van der Waals surface area (Å²) in [6.45, 7) is 10.6. The molecule has 1 aliphatic carbocycles. The van der Waals surface area contributed by atoms with E-state index < -0.39 is 0 Å². The number of rotatable bonds is 8. The summed E-state index contributed by atoms with van der Waals surface area (Å²) < 4.78 is 5.23. The number of halogens is 1. The maximum atomic E-state index is 5.23. The van der Waals surface area contributed by atoms with Gasteiger partial charge in [-0.1, -0.05) is 31.8 Å². The fraction of sp³-hybridized carbons (Fsp3) is 0.800. The van der Waals surface area contributed by atoms with Crippen molar-refractivity contribution in [3.8, 4) is 0 Å². The van der Waals surface area contributed by atoms with E-state index >= 15 is 0 Å². The Morgan fingerprint density at radius 1 is 1.23 bits per heavy atom. The number of aromatic nitrogens is 1. The zero-order valence-electron chi connectivity index (χ0n) is 17.2. The van der Waals surface area contributed by atoms with Crippen LogP contribution >= 0.6 is 24.0 Å². The van der Waals surface area contributed by atoms with Crippen LogP contribution in [0.2, 0.25) is 0 Å². The molecule has 2 N–H and O–H groups in total. The van der Waals surface area contributed by atoms with Gasteiger partial charge in [-0.3, -0.25) is 4.99 Å². The first-order valence-corrected chi connectivity index (χ1v) is 9.82. The molecule has 6 heteroatoms. The summed E-state index contributed by atoms with van der Waals surface area (Å²) in [7, 11) is 1.85. The molecule has 0 saturated heterocycles. The molecule has 1 fully saturated rings. The van der Waals surface area contributed by atoms with Gasteiger partial charge in [0.1, 0.15) is 5.76 Å². The number of aryl methyl sites for hydroxylation is 2. The molecular weight excluding hydrogens is 439 g/mol. The van der Waals surface area contributed by atoms with Gasteiger partial charge in [-0.05, 0) is 57.3 Å². The third kappa shape index (κ3) is 6.74. The van der Waals surface area contributed by atoms with Gasteiger partial charge in [0, 0.05) is 25.7 Å². The molecule has 26 heavy (non-hydrogen) atoms. The molecule has 1 aliphatic rings. The van der Waals surface area contributed by atoms with Crippen molar-refractivity contribution >= 4 is 29.9 Å². The molecule has 1 aromatic rings. The number of nitrogens with zero attached hydrogens (tertiary/aromatic N) is 2. The predicted molar refractivity (Wildman–Crippen MR) is 119 cm³/mol. The molecule has 0 unspecified atom stereocenters. The van der Waals surface area contributed by atoms with Crippen molar-refractivity contribution in [1.29, 1.82) is 0 Å². The Kier molecular flexibility index (Phi) is 9.97. The molecule has 2 rings (SSSR count). The average Bonchev–Trinajstić information content (AvgIpc) is 3.14. The largest absolute Gasteiger partial charge is 0.361 e. The van der Waals surface area contributed by atoms with E-state index in [0.29, 0.717) is 5.41 Å². The number of guanidine groups is 1. The van der Waals surface area contributed by atoms with Crippen molar-refractivity contribution in [1.82, 2.24) is 15.8 Å². The normalized spacial score (nSPS) is 16.6. The summed E-state index contributed by atoms with van der Waals surface area (Å²) in [4.78, 5) is 4.39. The van der Waals surface area contributed by atoms with Crippen LogP contribution in [0.25, 0.3) is 0 Å². The highest BCUT2D eigenvalue weighted by molar-refractivity contribution is 14.0. The monoisotopic (exact) mass is 476 g/mol. The summed E-state index contributed by atoms with van der Waals surface area (Å²) in [6, 6.07) is 0. The van der Waals surface area contributed by atoms with Crippen LogP contribution in [0, 0.1) is 25.2 Å². The van der Waals surface area contributed by atoms with Crippen molar-refractivity contribution in [2.45, 2.75) is 72.6 Å². The fourth-order valence-electron chi connectivity index (χ4n) is 4.27. The molecule has 1 saturated carbocycles. The molecule has 1 heterocycles. The zero-order valence-corrected chi connectivity index (χ0v) is 19.5. The molecule has 150 valence electrons. The SMILES string of the molecule is CN=C(NCCCc1c(C)noc1C)NCC1(CC(C)C)CCCC1.I. The van der Waals surface area contributed by atoms with E-state index in [1.807, 2.05) is 20.9 Å². The van der Waals surface area contributed by atoms with E-state index in [2.05, 4.69) is 34.6 Å². The van der Waals surface area contributed by atoms with Gasteiger partial charge in [-0.25, -0.2) is 0 Å². The van der Waals surface area contributed by atoms with Gasteiger partial charge in [0.05, 0.1) is 5.69 Å². The van der Waals surface area contributed by atoms with Crippen molar-refractivity contribution in [3.05, 3.63) is 17.0 Å². The molecule has 0 bridgehead atoms. The first-order valence-electron chi connectivity index (χ1n) is 9.82. The number of aliphatic imine (C=N–C) groups is 1. The fourth-order valence-corrected chi connectivity index (χ4v) is 4.27. The minimum absolute atomic E-state index is 0. The van der Waals surface area contributed by atoms with E-state index in [0.717, 1.165) is 49.3 Å². The van der Waals surface area contributed by atoms with Gasteiger partial charge < -0.3 is 15.2 Å². The lowest BCUT2D eigenvalue weighted by molar-refractivity contribution is 0.235. The maximum Gasteiger partial charge on any atom is 0.190 e. The second-order valence-corrected chi connectivity index (χ2v) is 8.06. The molecular formula is C20H37IN4O. The minimum Gasteiger partial charge on any atom is -0.361 e. The molecule has 5 nitrogen and oxygen atoms in total. The summed E-state index contributed by atoms with van der Waals surface area (Å²) in [5, 5.41) is 11.1. The lowest BCUT2D eigenvalue weighted by atomic mass is 9.78. The lowest BCUT2D eigenvalue weighted by Gasteiger charge is -2.32. The van der Waals surface area contributed by atoms with E-state index in [-0.39, 0.29) is 24.0 Å². The van der Waals surface area contributed by atoms with E-state index in [1.54, 1.807) is 0 Å². The summed E-state index contributed by atoms with van der Waals surface area (Å²) in [5.74, 6) is 2.62. The van der Waals surface area contributed by atoms with E-state index in [1.165, 1.54) is 37.7 Å². The van der Waals surface area contributed by atoms with Crippen LogP contribution in [0.5, 0.6) is 0 Å². The van der Waals surface area contributed by atoms with Gasteiger partial charge in [-0.2, -0.15) is 0 Å². The first-order chi connectivity index (χ1) is 12.0. The molecule has 1 aromatic heterocycles. The number of hydrogen-bond acceptors (Lipinski definition) is 3. The number of hydrogen-bond donors (Lipinski definition) is 2. The summed E-state index contributed by atoms with van der Waals surface area (Å²) in [5.41, 5.74) is 2.71. The Balaban J connectivity index is 0.00000338. The van der Waals surface area contributed by atoms with Crippen molar-refractivity contribution in [2.24, 2.45) is 16.3 Å². The van der Waals surface area contributed by atoms with Gasteiger partial charge in [0.15, 0.2) is 5.96 Å². The second-order valence-electron chi connectivity index (χ2n) is 8.06. The Morgan fingerprint density at radius 2 is 1.92 bits per heavy atom. The molecule has 0 spiro atoms. The van der Waals surface area contributed by atoms with Gasteiger partial charge in [0.2, 0.25) is 0 Å². The predicted octanol–water partition coefficient (Wildman–Crippen LogP) is 4.61. The molecule has 0 atom stereocenters. The molecule has 0 aromatic carbocycles. The lowest BCUT2D eigenvalue weighted by Crippen LogP contribution is -2.43. The highest BCUT2D eigenvalue weighted by Crippen LogP contribution is 2.42. The zero-order chi connectivity index (χ0) is 18.3. The quantitative estimate of drug-likeness (QED) is 0.249. The Labute approximate surface area is 176 Å². The third-order valence-electron chi connectivity index (χ3n) is 5.44. The maximum absolute atomic E-state index is 5.23. The Morgan fingerprint density at radius 3 is 2.46 bits per heavy atom. The third-order valence-corrected chi connectivity index (χ3v) is 5.44. The topological polar surface area (TPSA) is 62.5 Å². The first kappa shape index (κ1) is 23.2.